The van der Waals surface area contributed by atoms with Gasteiger partial charge in [-0.1, -0.05) is 61.0 Å². The maximum atomic E-state index is 14.3. The van der Waals surface area contributed by atoms with Crippen LogP contribution in [0.3, 0.4) is 0 Å². The molecule has 3 N–H and O–H groups in total. The first-order valence-corrected chi connectivity index (χ1v) is 20.0. The van der Waals surface area contributed by atoms with E-state index in [0.717, 1.165) is 48.1 Å². The standard InChI is InChI=1S/C44H43N3O7S2/c1-4-54-44(51)38-34-21-12-7-13-22-37(34)56-43(38)47-42(50)39(28-15-8-5-9-16-28)55-33-20-14-19-31(27-33)45-41(49)35(46-40(48)29-17-10-6-11-18-29)26-30-25-32(52-2)23-24-36(30)53-3/h5-6,8-11,14-20,23-27,39H,4,7,12-13,21-22H2,1-3H3,(H,45,49)(H,46,48)(H,47,50)/b35-26+. The van der Waals surface area contributed by atoms with Gasteiger partial charge in [-0.05, 0) is 98.3 Å². The summed E-state index contributed by atoms with van der Waals surface area (Å²) in [7, 11) is 3.05. The molecule has 5 aromatic rings. The molecule has 0 aliphatic heterocycles. The van der Waals surface area contributed by atoms with Crippen LogP contribution < -0.4 is 25.4 Å². The van der Waals surface area contributed by atoms with E-state index in [1.54, 1.807) is 73.7 Å². The molecule has 288 valence electrons. The van der Waals surface area contributed by atoms with E-state index in [9.17, 15) is 19.2 Å². The lowest BCUT2D eigenvalue weighted by atomic mass is 10.1. The summed E-state index contributed by atoms with van der Waals surface area (Å²) in [5, 5.41) is 8.58. The first kappa shape index (κ1) is 39.8. The number of anilines is 2. The Balaban J connectivity index is 1.28. The molecule has 1 unspecified atom stereocenters. The second kappa shape index (κ2) is 19.1. The quantitative estimate of drug-likeness (QED) is 0.0440. The lowest BCUT2D eigenvalue weighted by molar-refractivity contribution is -0.116. The van der Waals surface area contributed by atoms with Crippen LogP contribution in [0.25, 0.3) is 6.08 Å². The molecule has 12 heteroatoms. The summed E-state index contributed by atoms with van der Waals surface area (Å²) >= 11 is 2.77. The third kappa shape index (κ3) is 9.87. The van der Waals surface area contributed by atoms with E-state index in [-0.39, 0.29) is 18.2 Å². The second-order valence-corrected chi connectivity index (χ2v) is 15.1. The molecule has 10 nitrogen and oxygen atoms in total. The molecule has 1 aromatic heterocycles. The molecule has 6 rings (SSSR count). The summed E-state index contributed by atoms with van der Waals surface area (Å²) in [6.45, 7) is 2.01. The van der Waals surface area contributed by atoms with Crippen LogP contribution in [0.2, 0.25) is 0 Å². The van der Waals surface area contributed by atoms with Crippen molar-refractivity contribution in [1.82, 2.24) is 5.32 Å². The number of nitrogens with one attached hydrogen (secondary N) is 3. The predicted molar refractivity (Wildman–Crippen MR) is 222 cm³/mol. The number of hydrogen-bond donors (Lipinski definition) is 3. The Morgan fingerprint density at radius 1 is 0.821 bits per heavy atom. The number of hydrogen-bond acceptors (Lipinski definition) is 9. The zero-order valence-corrected chi connectivity index (χ0v) is 33.0. The summed E-state index contributed by atoms with van der Waals surface area (Å²) in [6, 6.07) is 30.3. The molecule has 0 saturated heterocycles. The summed E-state index contributed by atoms with van der Waals surface area (Å²) in [5.41, 5.74) is 3.50. The van der Waals surface area contributed by atoms with Gasteiger partial charge in [0.15, 0.2) is 0 Å². The van der Waals surface area contributed by atoms with Crippen molar-refractivity contribution in [1.29, 1.82) is 0 Å². The molecule has 3 amide bonds. The summed E-state index contributed by atoms with van der Waals surface area (Å²) in [4.78, 5) is 56.6. The molecular weight excluding hydrogens is 747 g/mol. The predicted octanol–water partition coefficient (Wildman–Crippen LogP) is 9.09. The molecule has 0 spiro atoms. The fourth-order valence-corrected chi connectivity index (χ4v) is 8.72. The highest BCUT2D eigenvalue weighted by atomic mass is 32.2. The molecule has 0 bridgehead atoms. The Labute approximate surface area is 334 Å². The summed E-state index contributed by atoms with van der Waals surface area (Å²) in [5.74, 6) is -0.752. The van der Waals surface area contributed by atoms with Crippen LogP contribution in [0.4, 0.5) is 10.7 Å². The Morgan fingerprint density at radius 3 is 2.30 bits per heavy atom. The molecule has 0 saturated carbocycles. The number of aryl methyl sites for hydroxylation is 1. The number of ether oxygens (including phenoxy) is 3. The number of benzene rings is 4. The van der Waals surface area contributed by atoms with Gasteiger partial charge in [0.05, 0.1) is 26.4 Å². The fraction of sp³-hybridized carbons (Fsp3) is 0.227. The number of carbonyl (C=O) groups excluding carboxylic acids is 4. The molecule has 0 radical (unpaired) electrons. The van der Waals surface area contributed by atoms with Gasteiger partial charge < -0.3 is 30.2 Å². The number of esters is 1. The number of fused-ring (bicyclic) bond motifs is 1. The highest BCUT2D eigenvalue weighted by Gasteiger charge is 2.30. The minimum Gasteiger partial charge on any atom is -0.497 e. The monoisotopic (exact) mass is 789 g/mol. The topological polar surface area (TPSA) is 132 Å². The van der Waals surface area contributed by atoms with Crippen molar-refractivity contribution >= 4 is 63.6 Å². The Morgan fingerprint density at radius 2 is 1.57 bits per heavy atom. The Hall–Kier alpha value is -5.85. The van der Waals surface area contributed by atoms with E-state index < -0.39 is 23.0 Å². The number of rotatable bonds is 14. The molecule has 1 aliphatic carbocycles. The maximum absolute atomic E-state index is 14.3. The van der Waals surface area contributed by atoms with Crippen LogP contribution in [0.15, 0.2) is 114 Å². The van der Waals surface area contributed by atoms with Gasteiger partial charge in [0.25, 0.3) is 11.8 Å². The van der Waals surface area contributed by atoms with E-state index in [4.69, 9.17) is 14.2 Å². The van der Waals surface area contributed by atoms with Crippen molar-refractivity contribution < 1.29 is 33.4 Å². The minimum absolute atomic E-state index is 0.0308. The van der Waals surface area contributed by atoms with Gasteiger partial charge in [-0.3, -0.25) is 14.4 Å². The maximum Gasteiger partial charge on any atom is 0.341 e. The molecule has 1 aliphatic rings. The summed E-state index contributed by atoms with van der Waals surface area (Å²) in [6.07, 6.45) is 6.26. The zero-order valence-electron chi connectivity index (χ0n) is 31.4. The molecule has 56 heavy (non-hydrogen) atoms. The highest BCUT2D eigenvalue weighted by Crippen LogP contribution is 2.41. The van der Waals surface area contributed by atoms with Gasteiger partial charge in [0.2, 0.25) is 5.91 Å². The molecule has 4 aromatic carbocycles. The van der Waals surface area contributed by atoms with Crippen LogP contribution in [-0.4, -0.2) is 44.5 Å². The van der Waals surface area contributed by atoms with Gasteiger partial charge in [-0.25, -0.2) is 4.79 Å². The van der Waals surface area contributed by atoms with Crippen LogP contribution >= 0.6 is 23.1 Å². The van der Waals surface area contributed by atoms with E-state index in [1.165, 1.54) is 43.4 Å². The van der Waals surface area contributed by atoms with E-state index >= 15 is 0 Å². The molecule has 1 atom stereocenters. The van der Waals surface area contributed by atoms with Crippen molar-refractivity contribution in [2.75, 3.05) is 31.5 Å². The van der Waals surface area contributed by atoms with Crippen LogP contribution in [0, 0.1) is 0 Å². The lowest BCUT2D eigenvalue weighted by Gasteiger charge is -2.18. The smallest absolute Gasteiger partial charge is 0.341 e. The van der Waals surface area contributed by atoms with E-state index in [2.05, 4.69) is 16.0 Å². The number of thioether (sulfide) groups is 1. The van der Waals surface area contributed by atoms with Gasteiger partial charge in [-0.15, -0.1) is 23.1 Å². The largest absolute Gasteiger partial charge is 0.497 e. The van der Waals surface area contributed by atoms with Gasteiger partial charge >= 0.3 is 5.97 Å². The van der Waals surface area contributed by atoms with Crippen LogP contribution in [0.5, 0.6) is 11.5 Å². The average Bonchev–Trinajstić information content (AvgIpc) is 3.39. The van der Waals surface area contributed by atoms with Crippen LogP contribution in [0.1, 0.15) is 73.7 Å². The van der Waals surface area contributed by atoms with E-state index in [1.807, 2.05) is 36.4 Å². The number of amides is 3. The van der Waals surface area contributed by atoms with Crippen molar-refractivity contribution in [3.05, 3.63) is 142 Å². The second-order valence-electron chi connectivity index (χ2n) is 12.9. The highest BCUT2D eigenvalue weighted by molar-refractivity contribution is 8.00. The summed E-state index contributed by atoms with van der Waals surface area (Å²) < 4.78 is 16.4. The fourth-order valence-electron chi connectivity index (χ4n) is 6.36. The van der Waals surface area contributed by atoms with Gasteiger partial charge in [0, 0.05) is 26.6 Å². The van der Waals surface area contributed by atoms with Gasteiger partial charge in [0.1, 0.15) is 27.4 Å². The Kier molecular flexibility index (Phi) is 13.6. The minimum atomic E-state index is -0.708. The average molecular weight is 790 g/mol. The normalized spacial score (nSPS) is 13.0. The molecule has 0 fully saturated rings. The van der Waals surface area contributed by atoms with Crippen molar-refractivity contribution in [2.24, 2.45) is 0 Å². The van der Waals surface area contributed by atoms with Crippen molar-refractivity contribution in [2.45, 2.75) is 49.2 Å². The third-order valence-corrected chi connectivity index (χ3v) is 11.5. The van der Waals surface area contributed by atoms with Crippen molar-refractivity contribution in [3.63, 3.8) is 0 Å². The van der Waals surface area contributed by atoms with Gasteiger partial charge in [-0.2, -0.15) is 0 Å². The first-order valence-electron chi connectivity index (χ1n) is 18.3. The lowest BCUT2D eigenvalue weighted by Crippen LogP contribution is -2.30. The first-order chi connectivity index (χ1) is 27.3. The molecular formula is C44H43N3O7S2. The van der Waals surface area contributed by atoms with E-state index in [0.29, 0.717) is 43.8 Å². The third-order valence-electron chi connectivity index (χ3n) is 9.09. The van der Waals surface area contributed by atoms with Crippen molar-refractivity contribution in [3.8, 4) is 11.5 Å². The zero-order chi connectivity index (χ0) is 39.4. The Bertz CT molecular complexity index is 2220. The number of methoxy groups -OCH3 is 2. The molecule has 1 heterocycles. The van der Waals surface area contributed by atoms with Crippen LogP contribution in [-0.2, 0) is 27.2 Å². The number of carbonyl (C=O) groups is 4. The SMILES string of the molecule is CCOC(=O)c1c(NC(=O)C(Sc2cccc(NC(=O)/C(=C\c3cc(OC)ccc3OC)NC(=O)c3ccccc3)c2)c2ccccc2)sc2c1CCCCC2. The number of thiophene rings is 1.